The average molecular weight is 394 g/mol. The lowest BCUT2D eigenvalue weighted by Crippen LogP contribution is -2.38. The molecule has 0 saturated heterocycles. The van der Waals surface area contributed by atoms with Gasteiger partial charge in [-0.25, -0.2) is 4.57 Å². The number of hydrogen-bond donors (Lipinski definition) is 4. The standard InChI is InChI=1S/C20H23N7O2/c28-15-13-26-11-5-2-8-18(26)22-24-20(17-7-1-4-10-21-17)25-23-19-9-3-6-12-27(19)14-16-29/h1-12,28-29H,13-16H2,(H,24,25)/p+1/b22-18+. The molecular formula is C20H24N7O2+. The second-order valence-corrected chi connectivity index (χ2v) is 5.99. The third-order valence-electron chi connectivity index (χ3n) is 4.01. The first-order valence-corrected chi connectivity index (χ1v) is 9.22. The minimum absolute atomic E-state index is 0.0127. The lowest BCUT2D eigenvalue weighted by Gasteiger charge is -2.07. The Hall–Kier alpha value is -3.56. The van der Waals surface area contributed by atoms with E-state index in [0.717, 1.165) is 0 Å². The van der Waals surface area contributed by atoms with E-state index in [1.54, 1.807) is 6.20 Å². The number of rotatable bonds is 8. The topological polar surface area (TPSA) is 111 Å². The Bertz CT molecular complexity index is 1000. The Labute approximate surface area is 168 Å². The molecule has 0 amide bonds. The van der Waals surface area contributed by atoms with Gasteiger partial charge in [0.15, 0.2) is 5.49 Å². The zero-order valence-corrected chi connectivity index (χ0v) is 15.9. The van der Waals surface area contributed by atoms with E-state index in [4.69, 9.17) is 0 Å². The van der Waals surface area contributed by atoms with Crippen molar-refractivity contribution < 1.29 is 14.8 Å². The number of hydrogen-bond acceptors (Lipinski definition) is 6. The zero-order valence-electron chi connectivity index (χ0n) is 15.9. The molecule has 0 fully saturated rings. The van der Waals surface area contributed by atoms with Crippen LogP contribution in [0.4, 0.5) is 5.82 Å². The maximum Gasteiger partial charge on any atom is 0.299 e. The van der Waals surface area contributed by atoms with E-state index in [9.17, 15) is 10.2 Å². The van der Waals surface area contributed by atoms with Crippen molar-refractivity contribution in [1.29, 1.82) is 0 Å². The van der Waals surface area contributed by atoms with E-state index < -0.39 is 0 Å². The SMILES string of the molecule is OCCn1cccc/c1=N\NC(=NNc1cccc[n+]1CCO)c1ccccn1. The Balaban J connectivity index is 1.91. The molecule has 3 aromatic rings. The van der Waals surface area contributed by atoms with Gasteiger partial charge in [0.2, 0.25) is 5.84 Å². The average Bonchev–Trinajstić information content (AvgIpc) is 2.77. The van der Waals surface area contributed by atoms with E-state index in [1.165, 1.54) is 0 Å². The van der Waals surface area contributed by atoms with E-state index in [-0.39, 0.29) is 13.2 Å². The maximum absolute atomic E-state index is 9.24. The fraction of sp³-hybridized carbons (Fsp3) is 0.200. The van der Waals surface area contributed by atoms with Gasteiger partial charge in [0, 0.05) is 25.0 Å². The summed E-state index contributed by atoms with van der Waals surface area (Å²) in [6, 6.07) is 16.7. The van der Waals surface area contributed by atoms with Crippen molar-refractivity contribution in [1.82, 2.24) is 15.0 Å². The summed E-state index contributed by atoms with van der Waals surface area (Å²) in [5.41, 5.74) is 7.21. The highest BCUT2D eigenvalue weighted by atomic mass is 16.3. The molecular weight excluding hydrogens is 370 g/mol. The number of aliphatic hydroxyl groups excluding tert-OH is 2. The van der Waals surface area contributed by atoms with Gasteiger partial charge >= 0.3 is 0 Å². The van der Waals surface area contributed by atoms with Gasteiger partial charge in [0.25, 0.3) is 5.82 Å². The lowest BCUT2D eigenvalue weighted by molar-refractivity contribution is -0.684. The van der Waals surface area contributed by atoms with Crippen LogP contribution in [0.1, 0.15) is 5.69 Å². The molecule has 9 heteroatoms. The summed E-state index contributed by atoms with van der Waals surface area (Å²) in [7, 11) is 0. The Morgan fingerprint density at radius 1 is 1.03 bits per heavy atom. The largest absolute Gasteiger partial charge is 0.395 e. The van der Waals surface area contributed by atoms with Gasteiger partial charge in [0.1, 0.15) is 12.2 Å². The first-order valence-electron chi connectivity index (χ1n) is 9.22. The van der Waals surface area contributed by atoms with Crippen LogP contribution in [0, 0.1) is 0 Å². The molecule has 0 atom stereocenters. The maximum atomic E-state index is 9.24. The molecule has 4 N–H and O–H groups in total. The Morgan fingerprint density at radius 3 is 2.69 bits per heavy atom. The third kappa shape index (κ3) is 5.71. The predicted octanol–water partition coefficient (Wildman–Crippen LogP) is 0.0344. The third-order valence-corrected chi connectivity index (χ3v) is 4.01. The highest BCUT2D eigenvalue weighted by Crippen LogP contribution is 2.01. The molecule has 0 saturated carbocycles. The predicted molar refractivity (Wildman–Crippen MR) is 108 cm³/mol. The monoisotopic (exact) mass is 394 g/mol. The van der Waals surface area contributed by atoms with Crippen LogP contribution in [0.25, 0.3) is 0 Å². The molecule has 0 bridgehead atoms. The number of anilines is 1. The first kappa shape index (κ1) is 20.2. The van der Waals surface area contributed by atoms with Gasteiger partial charge in [-0.15, -0.1) is 5.43 Å². The summed E-state index contributed by atoms with van der Waals surface area (Å²) in [5.74, 6) is 1.14. The van der Waals surface area contributed by atoms with E-state index in [0.29, 0.717) is 35.9 Å². The highest BCUT2D eigenvalue weighted by molar-refractivity contribution is 5.97. The molecule has 150 valence electrons. The highest BCUT2D eigenvalue weighted by Gasteiger charge is 2.10. The molecule has 0 aliphatic rings. The van der Waals surface area contributed by atoms with Crippen molar-refractivity contribution in [2.24, 2.45) is 10.2 Å². The second kappa shape index (κ2) is 10.7. The summed E-state index contributed by atoms with van der Waals surface area (Å²) < 4.78 is 3.67. The van der Waals surface area contributed by atoms with Crippen molar-refractivity contribution >= 4 is 11.7 Å². The van der Waals surface area contributed by atoms with Crippen LogP contribution >= 0.6 is 0 Å². The summed E-state index contributed by atoms with van der Waals surface area (Å²) >= 11 is 0. The van der Waals surface area contributed by atoms with Gasteiger partial charge in [0.05, 0.1) is 19.4 Å². The Morgan fingerprint density at radius 2 is 1.90 bits per heavy atom. The van der Waals surface area contributed by atoms with Crippen LogP contribution in [0.15, 0.2) is 83.4 Å². The summed E-state index contributed by atoms with van der Waals surface area (Å²) in [5, 5.41) is 27.3. The summed E-state index contributed by atoms with van der Waals surface area (Å²) in [4.78, 5) is 4.33. The first-order chi connectivity index (χ1) is 14.3. The molecule has 0 spiro atoms. The van der Waals surface area contributed by atoms with Crippen LogP contribution in [0.2, 0.25) is 0 Å². The van der Waals surface area contributed by atoms with E-state index >= 15 is 0 Å². The molecule has 0 aliphatic heterocycles. The lowest BCUT2D eigenvalue weighted by atomic mass is 10.3. The molecule has 3 rings (SSSR count). The van der Waals surface area contributed by atoms with Crippen LogP contribution in [0.5, 0.6) is 0 Å². The fourth-order valence-corrected chi connectivity index (χ4v) is 2.61. The van der Waals surface area contributed by atoms with Crippen LogP contribution in [0.3, 0.4) is 0 Å². The molecule has 0 unspecified atom stereocenters. The van der Waals surface area contributed by atoms with Gasteiger partial charge in [-0.05, 0) is 30.3 Å². The van der Waals surface area contributed by atoms with Crippen molar-refractivity contribution in [3.05, 3.63) is 84.4 Å². The number of hydrazone groups is 1. The molecule has 3 aromatic heterocycles. The number of aromatic nitrogens is 3. The van der Waals surface area contributed by atoms with E-state index in [1.807, 2.05) is 76.1 Å². The molecule has 9 nitrogen and oxygen atoms in total. The minimum atomic E-state index is 0.0127. The molecule has 3 heterocycles. The van der Waals surface area contributed by atoms with Gasteiger partial charge in [-0.1, -0.05) is 23.3 Å². The van der Waals surface area contributed by atoms with Crippen LogP contribution < -0.4 is 20.9 Å². The van der Waals surface area contributed by atoms with E-state index in [2.05, 4.69) is 26.0 Å². The second-order valence-electron chi connectivity index (χ2n) is 5.99. The van der Waals surface area contributed by atoms with Crippen molar-refractivity contribution in [2.45, 2.75) is 13.1 Å². The molecule has 0 aliphatic carbocycles. The molecule has 29 heavy (non-hydrogen) atoms. The summed E-state index contributed by atoms with van der Waals surface area (Å²) in [6.07, 6.45) is 5.37. The van der Waals surface area contributed by atoms with Crippen molar-refractivity contribution in [3.8, 4) is 0 Å². The minimum Gasteiger partial charge on any atom is -0.395 e. The van der Waals surface area contributed by atoms with Gasteiger partial charge < -0.3 is 14.8 Å². The Kier molecular flexibility index (Phi) is 7.44. The normalized spacial score (nSPS) is 12.1. The number of nitrogens with zero attached hydrogens (tertiary/aromatic N) is 5. The number of nitrogens with one attached hydrogen (secondary N) is 2. The summed E-state index contributed by atoms with van der Waals surface area (Å²) in [6.45, 7) is 0.910. The molecule has 0 radical (unpaired) electrons. The molecule has 0 aromatic carbocycles. The number of pyridine rings is 3. The number of aliphatic hydroxyl groups is 2. The fourth-order valence-electron chi connectivity index (χ4n) is 2.61. The zero-order chi connectivity index (χ0) is 20.3. The number of amidine groups is 1. The smallest absolute Gasteiger partial charge is 0.299 e. The van der Waals surface area contributed by atoms with Gasteiger partial charge in [-0.3, -0.25) is 10.4 Å². The van der Waals surface area contributed by atoms with Crippen molar-refractivity contribution in [3.63, 3.8) is 0 Å². The van der Waals surface area contributed by atoms with Crippen molar-refractivity contribution in [2.75, 3.05) is 18.6 Å². The van der Waals surface area contributed by atoms with Crippen LogP contribution in [-0.2, 0) is 13.1 Å². The quantitative estimate of drug-likeness (QED) is 0.187. The van der Waals surface area contributed by atoms with Crippen LogP contribution in [-0.4, -0.2) is 38.8 Å². The van der Waals surface area contributed by atoms with Gasteiger partial charge in [-0.2, -0.15) is 5.10 Å².